The lowest BCUT2D eigenvalue weighted by molar-refractivity contribution is 0.0522. The number of aromatic carboxylic acids is 1. The first kappa shape index (κ1) is 27.8. The molecule has 10 heteroatoms. The highest BCUT2D eigenvalue weighted by atomic mass is 79.9. The minimum absolute atomic E-state index is 0.00632. The summed E-state index contributed by atoms with van der Waals surface area (Å²) in [6, 6.07) is 2.80. The van der Waals surface area contributed by atoms with Crippen LogP contribution in [0.25, 0.3) is 0 Å². The van der Waals surface area contributed by atoms with Gasteiger partial charge in [0.15, 0.2) is 0 Å². The molecule has 0 aliphatic carbocycles. The van der Waals surface area contributed by atoms with Gasteiger partial charge in [0.1, 0.15) is 11.1 Å². The number of pyridine rings is 2. The molecule has 0 amide bonds. The fourth-order valence-electron chi connectivity index (χ4n) is 3.13. The second kappa shape index (κ2) is 11.6. The van der Waals surface area contributed by atoms with Crippen molar-refractivity contribution in [2.75, 3.05) is 6.61 Å². The van der Waals surface area contributed by atoms with E-state index in [1.165, 1.54) is 16.7 Å². The maximum absolute atomic E-state index is 12.1. The van der Waals surface area contributed by atoms with Gasteiger partial charge in [0.2, 0.25) is 0 Å². The van der Waals surface area contributed by atoms with Gasteiger partial charge in [-0.15, -0.1) is 0 Å². The second-order valence-electron chi connectivity index (χ2n) is 7.55. The molecule has 0 radical (unpaired) electrons. The zero-order valence-electron chi connectivity index (χ0n) is 19.2. The molecule has 2 aromatic rings. The summed E-state index contributed by atoms with van der Waals surface area (Å²) >= 11 is 6.60. The number of aromatic nitrogens is 2. The molecule has 0 aliphatic rings. The SMILES string of the molecule is CCOC(=O)c1cc(Br)c(C)n(C(C)C)c1=O.Cc1c(Br)cc(C(=O)O)c(=O)n1C(C)C. The Bertz CT molecular complexity index is 1130. The van der Waals surface area contributed by atoms with Crippen LogP contribution < -0.4 is 11.1 Å². The number of carbonyl (C=O) groups excluding carboxylic acids is 1. The van der Waals surface area contributed by atoms with Gasteiger partial charge in [0.05, 0.1) is 6.61 Å². The van der Waals surface area contributed by atoms with Crippen LogP contribution >= 0.6 is 31.9 Å². The standard InChI is InChI=1S/C12H16BrNO3.C10H12BrNO3/c1-5-17-12(16)9-6-10(13)8(4)14(7(2)3)11(9)15;1-5(2)12-6(3)8(11)4-7(9(12)13)10(14)15/h6-7H,5H2,1-4H3;4-5H,1-3H3,(H,14,15). The molecule has 1 N–H and O–H groups in total. The minimum atomic E-state index is -1.20. The monoisotopic (exact) mass is 574 g/mol. The third kappa shape index (κ3) is 6.19. The van der Waals surface area contributed by atoms with Gasteiger partial charge in [0, 0.05) is 32.4 Å². The summed E-state index contributed by atoms with van der Waals surface area (Å²) in [7, 11) is 0. The van der Waals surface area contributed by atoms with Crippen LogP contribution in [0, 0.1) is 13.8 Å². The number of halogens is 2. The third-order valence-corrected chi connectivity index (χ3v) is 6.22. The number of carboxylic acid groups (broad SMARTS) is 1. The van der Waals surface area contributed by atoms with Gasteiger partial charge >= 0.3 is 11.9 Å². The number of esters is 1. The first-order valence-corrected chi connectivity index (χ1v) is 11.6. The van der Waals surface area contributed by atoms with Crippen LogP contribution in [-0.2, 0) is 4.74 Å². The van der Waals surface area contributed by atoms with Crippen LogP contribution in [0.3, 0.4) is 0 Å². The molecule has 2 aromatic heterocycles. The van der Waals surface area contributed by atoms with E-state index in [0.29, 0.717) is 4.47 Å². The summed E-state index contributed by atoms with van der Waals surface area (Å²) < 4.78 is 9.27. The van der Waals surface area contributed by atoms with Crippen molar-refractivity contribution in [3.05, 3.63) is 64.3 Å². The van der Waals surface area contributed by atoms with Crippen molar-refractivity contribution in [1.82, 2.24) is 9.13 Å². The number of rotatable bonds is 5. The van der Waals surface area contributed by atoms with Gasteiger partial charge in [-0.3, -0.25) is 9.59 Å². The Kier molecular flexibility index (Phi) is 10.1. The molecule has 0 saturated carbocycles. The highest BCUT2D eigenvalue weighted by Gasteiger charge is 2.19. The molecular formula is C22H28Br2N2O6. The summed E-state index contributed by atoms with van der Waals surface area (Å²) in [5.41, 5.74) is 0.634. The van der Waals surface area contributed by atoms with Crippen molar-refractivity contribution in [3.8, 4) is 0 Å². The smallest absolute Gasteiger partial charge is 0.343 e. The molecule has 0 aromatic carbocycles. The number of nitrogens with zero attached hydrogens (tertiary/aromatic N) is 2. The van der Waals surface area contributed by atoms with Crippen LogP contribution in [0.2, 0.25) is 0 Å². The summed E-state index contributed by atoms with van der Waals surface area (Å²) in [5.74, 6) is -1.78. The Labute approximate surface area is 203 Å². The average molecular weight is 576 g/mol. The predicted molar refractivity (Wildman–Crippen MR) is 130 cm³/mol. The molecule has 0 saturated heterocycles. The van der Waals surface area contributed by atoms with Gasteiger partial charge in [-0.05, 0) is 92.5 Å². The molecule has 0 unspecified atom stereocenters. The molecule has 0 spiro atoms. The normalized spacial score (nSPS) is 10.7. The van der Waals surface area contributed by atoms with Gasteiger partial charge in [0.25, 0.3) is 11.1 Å². The quantitative estimate of drug-likeness (QED) is 0.509. The molecule has 0 bridgehead atoms. The molecule has 8 nitrogen and oxygen atoms in total. The van der Waals surface area contributed by atoms with Crippen molar-refractivity contribution in [2.24, 2.45) is 0 Å². The average Bonchev–Trinajstić information content (AvgIpc) is 2.67. The second-order valence-corrected chi connectivity index (χ2v) is 9.25. The lowest BCUT2D eigenvalue weighted by Crippen LogP contribution is -2.30. The van der Waals surface area contributed by atoms with E-state index >= 15 is 0 Å². The van der Waals surface area contributed by atoms with Crippen molar-refractivity contribution in [3.63, 3.8) is 0 Å². The van der Waals surface area contributed by atoms with E-state index < -0.39 is 17.5 Å². The molecule has 2 heterocycles. The summed E-state index contributed by atoms with van der Waals surface area (Å²) in [5, 5.41) is 8.85. The number of ether oxygens (including phenoxy) is 1. The zero-order chi connectivity index (χ0) is 24.9. The highest BCUT2D eigenvalue weighted by molar-refractivity contribution is 9.10. The Morgan fingerprint density at radius 3 is 1.62 bits per heavy atom. The predicted octanol–water partition coefficient (Wildman–Crippen LogP) is 4.88. The topological polar surface area (TPSA) is 108 Å². The summed E-state index contributed by atoms with van der Waals surface area (Å²) in [6.45, 7) is 13.1. The van der Waals surface area contributed by atoms with Gasteiger partial charge < -0.3 is 19.0 Å². The maximum atomic E-state index is 12.1. The number of hydrogen-bond acceptors (Lipinski definition) is 5. The Morgan fingerprint density at radius 1 is 0.906 bits per heavy atom. The first-order chi connectivity index (χ1) is 14.8. The molecule has 2 rings (SSSR count). The van der Waals surface area contributed by atoms with Crippen molar-refractivity contribution in [1.29, 1.82) is 0 Å². The zero-order valence-corrected chi connectivity index (χ0v) is 22.3. The fraction of sp³-hybridized carbons (Fsp3) is 0.455. The van der Waals surface area contributed by atoms with E-state index in [4.69, 9.17) is 9.84 Å². The van der Waals surface area contributed by atoms with Crippen LogP contribution in [0.1, 0.15) is 78.8 Å². The molecule has 176 valence electrons. The molecule has 32 heavy (non-hydrogen) atoms. The van der Waals surface area contributed by atoms with Crippen molar-refractivity contribution in [2.45, 2.75) is 60.5 Å². The fourth-order valence-corrected chi connectivity index (χ4v) is 3.97. The molecule has 0 atom stereocenters. The number of carboxylic acids is 1. The minimum Gasteiger partial charge on any atom is -0.477 e. The molecule has 0 fully saturated rings. The first-order valence-electron chi connectivity index (χ1n) is 9.99. The Balaban J connectivity index is 0.000000323. The summed E-state index contributed by atoms with van der Waals surface area (Å²) in [4.78, 5) is 46.4. The van der Waals surface area contributed by atoms with Crippen LogP contribution in [0.15, 0.2) is 30.7 Å². The lowest BCUT2D eigenvalue weighted by Gasteiger charge is -2.16. The third-order valence-electron chi connectivity index (χ3n) is 4.61. The van der Waals surface area contributed by atoms with E-state index in [2.05, 4.69) is 31.9 Å². The van der Waals surface area contributed by atoms with Crippen molar-refractivity contribution >= 4 is 43.8 Å². The van der Waals surface area contributed by atoms with Gasteiger partial charge in [-0.25, -0.2) is 9.59 Å². The lowest BCUT2D eigenvalue weighted by atomic mass is 10.2. The highest BCUT2D eigenvalue weighted by Crippen LogP contribution is 2.19. The number of hydrogen-bond donors (Lipinski definition) is 1. The molecular weight excluding hydrogens is 548 g/mol. The van der Waals surface area contributed by atoms with E-state index in [1.54, 1.807) is 18.4 Å². The summed E-state index contributed by atoms with van der Waals surface area (Å²) in [6.07, 6.45) is 0. The maximum Gasteiger partial charge on any atom is 0.343 e. The van der Waals surface area contributed by atoms with E-state index in [1.807, 2.05) is 34.6 Å². The van der Waals surface area contributed by atoms with E-state index in [0.717, 1.165) is 15.9 Å². The Morgan fingerprint density at radius 2 is 1.28 bits per heavy atom. The van der Waals surface area contributed by atoms with E-state index in [-0.39, 0.29) is 35.4 Å². The van der Waals surface area contributed by atoms with Crippen LogP contribution in [-0.4, -0.2) is 32.8 Å². The van der Waals surface area contributed by atoms with E-state index in [9.17, 15) is 19.2 Å². The molecule has 0 aliphatic heterocycles. The van der Waals surface area contributed by atoms with Crippen LogP contribution in [0.5, 0.6) is 0 Å². The largest absolute Gasteiger partial charge is 0.477 e. The van der Waals surface area contributed by atoms with Gasteiger partial charge in [-0.1, -0.05) is 0 Å². The van der Waals surface area contributed by atoms with Crippen LogP contribution in [0.4, 0.5) is 0 Å². The number of carbonyl (C=O) groups is 2. The Hall–Kier alpha value is -2.20. The van der Waals surface area contributed by atoms with Gasteiger partial charge in [-0.2, -0.15) is 0 Å². The van der Waals surface area contributed by atoms with Crippen molar-refractivity contribution < 1.29 is 19.4 Å².